The van der Waals surface area contributed by atoms with Crippen molar-refractivity contribution in [1.29, 1.82) is 0 Å². The van der Waals surface area contributed by atoms with E-state index in [-0.39, 0.29) is 19.3 Å². The third-order valence-corrected chi connectivity index (χ3v) is 3.96. The molecule has 0 atom stereocenters. The first-order valence-electron chi connectivity index (χ1n) is 9.72. The topological polar surface area (TPSA) is 99.1 Å². The zero-order valence-electron chi connectivity index (χ0n) is 17.3. The molecule has 0 aliphatic heterocycles. The van der Waals surface area contributed by atoms with Gasteiger partial charge in [-0.2, -0.15) is 5.10 Å². The first-order valence-corrected chi connectivity index (χ1v) is 9.72. The van der Waals surface area contributed by atoms with Gasteiger partial charge in [0, 0.05) is 11.6 Å². The Morgan fingerprint density at radius 3 is 2.58 bits per heavy atom. The van der Waals surface area contributed by atoms with E-state index in [2.05, 4.69) is 15.5 Å². The predicted octanol–water partition coefficient (Wildman–Crippen LogP) is 3.09. The molecule has 0 unspecified atom stereocenters. The zero-order chi connectivity index (χ0) is 22.1. The van der Waals surface area contributed by atoms with Crippen molar-refractivity contribution < 1.29 is 23.8 Å². The number of para-hydroxylation sites is 1. The minimum absolute atomic E-state index is 0.159. The minimum Gasteiger partial charge on any atom is -0.482 e. The summed E-state index contributed by atoms with van der Waals surface area (Å²) in [6.07, 6.45) is 2.99. The molecule has 0 aliphatic rings. The highest BCUT2D eigenvalue weighted by Crippen LogP contribution is 2.22. The maximum atomic E-state index is 12.0. The Labute approximate surface area is 179 Å². The molecule has 0 fully saturated rings. The van der Waals surface area contributed by atoms with Crippen LogP contribution >= 0.6 is 0 Å². The number of nitrogens with one attached hydrogen (secondary N) is 1. The van der Waals surface area contributed by atoms with Crippen LogP contribution in [0.5, 0.6) is 11.5 Å². The van der Waals surface area contributed by atoms with Crippen molar-refractivity contribution in [3.8, 4) is 11.5 Å². The van der Waals surface area contributed by atoms with Crippen LogP contribution in [0.25, 0.3) is 10.9 Å². The molecule has 1 heterocycles. The molecule has 0 saturated carbocycles. The summed E-state index contributed by atoms with van der Waals surface area (Å²) in [5.74, 6) is 0.238. The van der Waals surface area contributed by atoms with Crippen molar-refractivity contribution in [3.63, 3.8) is 0 Å². The molecule has 1 N–H and O–H groups in total. The molecule has 160 valence electrons. The summed E-state index contributed by atoms with van der Waals surface area (Å²) in [5, 5.41) is 4.85. The molecule has 0 saturated heterocycles. The molecule has 2 aromatic carbocycles. The number of carbonyl (C=O) groups excluding carboxylic acids is 2. The number of rotatable bonds is 9. The lowest BCUT2D eigenvalue weighted by Crippen LogP contribution is -2.24. The Kier molecular flexibility index (Phi) is 7.53. The number of aromatic nitrogens is 1. The Bertz CT molecular complexity index is 1060. The second-order valence-corrected chi connectivity index (χ2v) is 6.81. The number of carbonyl (C=O) groups is 2. The molecule has 0 spiro atoms. The van der Waals surface area contributed by atoms with E-state index in [1.54, 1.807) is 50.4 Å². The molecule has 8 nitrogen and oxygen atoms in total. The average molecular weight is 421 g/mol. The van der Waals surface area contributed by atoms with Crippen LogP contribution in [0.4, 0.5) is 0 Å². The van der Waals surface area contributed by atoms with Gasteiger partial charge in [0.05, 0.1) is 12.3 Å². The Morgan fingerprint density at radius 2 is 1.81 bits per heavy atom. The molecular formula is C23H23N3O5. The first-order chi connectivity index (χ1) is 15.0. The largest absolute Gasteiger partial charge is 0.482 e. The van der Waals surface area contributed by atoms with Crippen LogP contribution in [0, 0.1) is 0 Å². The number of nitrogens with zero attached hydrogens (tertiary/aromatic N) is 2. The predicted molar refractivity (Wildman–Crippen MR) is 116 cm³/mol. The lowest BCUT2D eigenvalue weighted by atomic mass is 10.2. The van der Waals surface area contributed by atoms with Gasteiger partial charge in [0.15, 0.2) is 13.2 Å². The number of hydrogen-bond acceptors (Lipinski definition) is 7. The maximum absolute atomic E-state index is 12.0. The van der Waals surface area contributed by atoms with Crippen LogP contribution in [0.2, 0.25) is 0 Å². The second kappa shape index (κ2) is 10.7. The Morgan fingerprint density at radius 1 is 1.03 bits per heavy atom. The van der Waals surface area contributed by atoms with Gasteiger partial charge in [-0.05, 0) is 55.8 Å². The summed E-state index contributed by atoms with van der Waals surface area (Å²) in [6.45, 7) is 3.20. The van der Waals surface area contributed by atoms with E-state index in [1.165, 1.54) is 6.21 Å². The number of amides is 1. The monoisotopic (exact) mass is 421 g/mol. The third-order valence-electron chi connectivity index (χ3n) is 3.96. The van der Waals surface area contributed by atoms with E-state index in [9.17, 15) is 9.59 Å². The summed E-state index contributed by atoms with van der Waals surface area (Å²) in [5.41, 5.74) is 3.86. The maximum Gasteiger partial charge on any atom is 0.344 e. The van der Waals surface area contributed by atoms with E-state index in [0.29, 0.717) is 17.0 Å². The molecular weight excluding hydrogens is 398 g/mol. The van der Waals surface area contributed by atoms with Gasteiger partial charge >= 0.3 is 5.97 Å². The fraction of sp³-hybridized carbons (Fsp3) is 0.217. The summed E-state index contributed by atoms with van der Waals surface area (Å²) >= 11 is 0. The van der Waals surface area contributed by atoms with Gasteiger partial charge in [-0.25, -0.2) is 10.2 Å². The van der Waals surface area contributed by atoms with E-state index in [4.69, 9.17) is 14.2 Å². The number of benzene rings is 2. The number of ether oxygens (including phenoxy) is 3. The molecule has 0 radical (unpaired) electrons. The Balaban J connectivity index is 1.44. The number of hydrazone groups is 1. The van der Waals surface area contributed by atoms with Crippen LogP contribution in [0.15, 0.2) is 65.9 Å². The highest BCUT2D eigenvalue weighted by Gasteiger charge is 2.07. The standard InChI is InChI=1S/C23H23N3O5/c1-16(2)31-22(28)15-29-19-10-8-17(9-11-19)13-25-26-21(27)14-30-20-7-3-5-18-6-4-12-24-23(18)20/h3-13,16H,14-15H2,1-2H3,(H,26,27)/b25-13-. The molecule has 3 aromatic rings. The van der Waals surface area contributed by atoms with Crippen LogP contribution in [0.3, 0.4) is 0 Å². The van der Waals surface area contributed by atoms with Crippen molar-refractivity contribution in [2.45, 2.75) is 20.0 Å². The van der Waals surface area contributed by atoms with Gasteiger partial charge in [-0.1, -0.05) is 18.2 Å². The van der Waals surface area contributed by atoms with Crippen molar-refractivity contribution in [2.75, 3.05) is 13.2 Å². The molecule has 31 heavy (non-hydrogen) atoms. The van der Waals surface area contributed by atoms with Gasteiger partial charge in [-0.3, -0.25) is 9.78 Å². The second-order valence-electron chi connectivity index (χ2n) is 6.81. The zero-order valence-corrected chi connectivity index (χ0v) is 17.3. The fourth-order valence-electron chi connectivity index (χ4n) is 2.64. The lowest BCUT2D eigenvalue weighted by Gasteiger charge is -2.09. The van der Waals surface area contributed by atoms with Gasteiger partial charge in [0.25, 0.3) is 5.91 Å². The number of fused-ring (bicyclic) bond motifs is 1. The lowest BCUT2D eigenvalue weighted by molar-refractivity contribution is -0.149. The summed E-state index contributed by atoms with van der Waals surface area (Å²) in [6, 6.07) is 16.2. The molecule has 3 rings (SSSR count). The van der Waals surface area contributed by atoms with Crippen molar-refractivity contribution in [2.24, 2.45) is 5.10 Å². The highest BCUT2D eigenvalue weighted by molar-refractivity contribution is 5.85. The van der Waals surface area contributed by atoms with E-state index < -0.39 is 11.9 Å². The highest BCUT2D eigenvalue weighted by atomic mass is 16.6. The molecule has 0 aliphatic carbocycles. The van der Waals surface area contributed by atoms with Crippen LogP contribution < -0.4 is 14.9 Å². The number of pyridine rings is 1. The van der Waals surface area contributed by atoms with Crippen LogP contribution in [0.1, 0.15) is 19.4 Å². The smallest absolute Gasteiger partial charge is 0.344 e. The van der Waals surface area contributed by atoms with Crippen LogP contribution in [-0.2, 0) is 14.3 Å². The van der Waals surface area contributed by atoms with Crippen molar-refractivity contribution >= 4 is 29.0 Å². The normalized spacial score (nSPS) is 10.9. The average Bonchev–Trinajstić information content (AvgIpc) is 2.76. The first kappa shape index (κ1) is 21.8. The summed E-state index contributed by atoms with van der Waals surface area (Å²) in [4.78, 5) is 27.8. The van der Waals surface area contributed by atoms with E-state index in [0.717, 1.165) is 10.9 Å². The SMILES string of the molecule is CC(C)OC(=O)COc1ccc(/C=N\NC(=O)COc2cccc3cccnc23)cc1. The quantitative estimate of drug-likeness (QED) is 0.324. The molecule has 0 bridgehead atoms. The van der Waals surface area contributed by atoms with Crippen molar-refractivity contribution in [3.05, 3.63) is 66.4 Å². The minimum atomic E-state index is -0.426. The molecule has 8 heteroatoms. The van der Waals surface area contributed by atoms with Gasteiger partial charge in [-0.15, -0.1) is 0 Å². The van der Waals surface area contributed by atoms with Crippen LogP contribution in [-0.4, -0.2) is 42.4 Å². The number of esters is 1. The van der Waals surface area contributed by atoms with E-state index >= 15 is 0 Å². The third kappa shape index (κ3) is 6.81. The number of hydrogen-bond donors (Lipinski definition) is 1. The Hall–Kier alpha value is -3.94. The fourth-order valence-corrected chi connectivity index (χ4v) is 2.64. The van der Waals surface area contributed by atoms with E-state index in [1.807, 2.05) is 24.3 Å². The van der Waals surface area contributed by atoms with Crippen molar-refractivity contribution in [1.82, 2.24) is 10.4 Å². The summed E-state index contributed by atoms with van der Waals surface area (Å²) in [7, 11) is 0. The summed E-state index contributed by atoms with van der Waals surface area (Å²) < 4.78 is 15.9. The van der Waals surface area contributed by atoms with Gasteiger partial charge in [0.1, 0.15) is 17.0 Å². The van der Waals surface area contributed by atoms with Gasteiger partial charge in [0.2, 0.25) is 0 Å². The molecule has 1 amide bonds. The molecule has 1 aromatic heterocycles. The van der Waals surface area contributed by atoms with Gasteiger partial charge < -0.3 is 14.2 Å².